The molecule has 250 valence electrons. The van der Waals surface area contributed by atoms with Gasteiger partial charge in [-0.25, -0.2) is 9.59 Å². The van der Waals surface area contributed by atoms with Gasteiger partial charge >= 0.3 is 18.4 Å². The summed E-state index contributed by atoms with van der Waals surface area (Å²) in [6, 6.07) is 9.40. The van der Waals surface area contributed by atoms with Gasteiger partial charge in [0, 0.05) is 26.2 Å². The van der Waals surface area contributed by atoms with Gasteiger partial charge in [-0.05, 0) is 116 Å². The van der Waals surface area contributed by atoms with Crippen LogP contribution >= 0.6 is 0 Å². The minimum absolute atomic E-state index is 0.126. The van der Waals surface area contributed by atoms with Gasteiger partial charge in [-0.15, -0.1) is 0 Å². The van der Waals surface area contributed by atoms with Crippen molar-refractivity contribution in [2.45, 2.75) is 91.3 Å². The number of halogens is 3. The molecule has 2 amide bonds. The van der Waals surface area contributed by atoms with Gasteiger partial charge in [0.2, 0.25) is 0 Å². The Morgan fingerprint density at radius 3 is 2.04 bits per heavy atom. The number of hydrogen-bond acceptors (Lipinski definition) is 7. The Labute approximate surface area is 264 Å². The van der Waals surface area contributed by atoms with Crippen molar-refractivity contribution in [2.75, 3.05) is 44.1 Å². The fourth-order valence-electron chi connectivity index (χ4n) is 4.76. The van der Waals surface area contributed by atoms with E-state index in [1.807, 2.05) is 62.9 Å². The first-order chi connectivity index (χ1) is 20.8. The smallest absolute Gasteiger partial charge is 0.416 e. The van der Waals surface area contributed by atoms with Crippen LogP contribution in [0.3, 0.4) is 0 Å². The van der Waals surface area contributed by atoms with Gasteiger partial charge in [0.25, 0.3) is 0 Å². The van der Waals surface area contributed by atoms with E-state index < -0.39 is 29.0 Å². The highest BCUT2D eigenvalue weighted by molar-refractivity contribution is 5.90. The SMILES string of the molecule is CC(C)(C)OC(=O)Nc1cc(C(F)(F)F)ccc1N1CCCCC1.CN(C)COc1ccc2c(c1)CN(C(=O)OC(C)(C)C)C2. The normalized spacial score (nSPS) is 15.2. The summed E-state index contributed by atoms with van der Waals surface area (Å²) in [5.74, 6) is 0.827. The molecule has 0 spiro atoms. The number of rotatable bonds is 5. The first kappa shape index (κ1) is 35.8. The quantitative estimate of drug-likeness (QED) is 0.335. The molecule has 0 aliphatic carbocycles. The second-order valence-corrected chi connectivity index (χ2v) is 13.5. The van der Waals surface area contributed by atoms with E-state index in [0.29, 0.717) is 25.5 Å². The van der Waals surface area contributed by atoms with Gasteiger partial charge in [-0.2, -0.15) is 13.2 Å². The fraction of sp³-hybridized carbons (Fsp3) is 0.576. The van der Waals surface area contributed by atoms with E-state index in [-0.39, 0.29) is 11.8 Å². The lowest BCUT2D eigenvalue weighted by Crippen LogP contribution is -2.33. The van der Waals surface area contributed by atoms with E-state index in [2.05, 4.69) is 5.32 Å². The van der Waals surface area contributed by atoms with Crippen LogP contribution in [0.1, 0.15) is 77.5 Å². The molecule has 2 aliphatic heterocycles. The van der Waals surface area contributed by atoms with Gasteiger partial charge < -0.3 is 19.1 Å². The summed E-state index contributed by atoms with van der Waals surface area (Å²) in [6.45, 7) is 13.9. The van der Waals surface area contributed by atoms with Crippen LogP contribution in [0.25, 0.3) is 0 Å². The topological polar surface area (TPSA) is 83.6 Å². The molecule has 2 aromatic rings. The molecular formula is C33H47F3N4O5. The average Bonchev–Trinajstić information content (AvgIpc) is 3.34. The van der Waals surface area contributed by atoms with E-state index in [4.69, 9.17) is 14.2 Å². The van der Waals surface area contributed by atoms with Crippen LogP contribution in [0, 0.1) is 0 Å². The molecule has 1 N–H and O–H groups in total. The molecule has 0 radical (unpaired) electrons. The van der Waals surface area contributed by atoms with E-state index in [9.17, 15) is 22.8 Å². The molecule has 0 saturated carbocycles. The summed E-state index contributed by atoms with van der Waals surface area (Å²) in [6.07, 6.45) is -2.44. The number of amides is 2. The number of hydrogen-bond donors (Lipinski definition) is 1. The predicted octanol–water partition coefficient (Wildman–Crippen LogP) is 7.88. The first-order valence-electron chi connectivity index (χ1n) is 15.1. The van der Waals surface area contributed by atoms with Gasteiger partial charge in [0.05, 0.1) is 16.9 Å². The lowest BCUT2D eigenvalue weighted by Gasteiger charge is -2.31. The molecular weight excluding hydrogens is 589 g/mol. The summed E-state index contributed by atoms with van der Waals surface area (Å²) in [5, 5.41) is 2.47. The molecule has 2 aromatic carbocycles. The zero-order chi connectivity index (χ0) is 33.6. The number of carbonyl (C=O) groups excluding carboxylic acids is 2. The first-order valence-corrected chi connectivity index (χ1v) is 15.1. The Kier molecular flexibility index (Phi) is 11.6. The van der Waals surface area contributed by atoms with Crippen LogP contribution in [0.15, 0.2) is 36.4 Å². The van der Waals surface area contributed by atoms with Crippen LogP contribution in [-0.2, 0) is 28.7 Å². The van der Waals surface area contributed by atoms with Crippen molar-refractivity contribution in [3.05, 3.63) is 53.1 Å². The largest absolute Gasteiger partial charge is 0.478 e. The third kappa shape index (κ3) is 11.6. The Hall–Kier alpha value is -3.67. The van der Waals surface area contributed by atoms with Crippen LogP contribution in [0.4, 0.5) is 34.1 Å². The number of carbonyl (C=O) groups is 2. The molecule has 1 saturated heterocycles. The molecule has 0 atom stereocenters. The summed E-state index contributed by atoms with van der Waals surface area (Å²) in [7, 11) is 3.91. The van der Waals surface area contributed by atoms with Crippen molar-refractivity contribution in [2.24, 2.45) is 0 Å². The number of piperidine rings is 1. The third-order valence-electron chi connectivity index (χ3n) is 6.70. The van der Waals surface area contributed by atoms with Crippen molar-refractivity contribution < 1.29 is 37.0 Å². The lowest BCUT2D eigenvalue weighted by atomic mass is 10.1. The predicted molar refractivity (Wildman–Crippen MR) is 168 cm³/mol. The van der Waals surface area contributed by atoms with Gasteiger partial charge in [-0.1, -0.05) is 6.07 Å². The van der Waals surface area contributed by atoms with Crippen molar-refractivity contribution in [3.8, 4) is 5.75 Å². The zero-order valence-electron chi connectivity index (χ0n) is 27.6. The van der Waals surface area contributed by atoms with Gasteiger partial charge in [-0.3, -0.25) is 15.1 Å². The number of nitrogens with one attached hydrogen (secondary N) is 1. The minimum Gasteiger partial charge on any atom is -0.478 e. The highest BCUT2D eigenvalue weighted by atomic mass is 19.4. The maximum absolute atomic E-state index is 13.0. The van der Waals surface area contributed by atoms with Gasteiger partial charge in [0.1, 0.15) is 23.7 Å². The number of alkyl halides is 3. The van der Waals surface area contributed by atoms with E-state index >= 15 is 0 Å². The Bertz CT molecular complexity index is 1310. The van der Waals surface area contributed by atoms with Crippen LogP contribution < -0.4 is 15.0 Å². The average molecular weight is 637 g/mol. The summed E-state index contributed by atoms with van der Waals surface area (Å²) >= 11 is 0. The third-order valence-corrected chi connectivity index (χ3v) is 6.70. The summed E-state index contributed by atoms with van der Waals surface area (Å²) in [4.78, 5) is 29.8. The highest BCUT2D eigenvalue weighted by Crippen LogP contribution is 2.36. The Morgan fingerprint density at radius 2 is 1.47 bits per heavy atom. The van der Waals surface area contributed by atoms with E-state index in [0.717, 1.165) is 61.4 Å². The number of nitrogens with zero attached hydrogens (tertiary/aromatic N) is 3. The molecule has 0 unspecified atom stereocenters. The summed E-state index contributed by atoms with van der Waals surface area (Å²) < 4.78 is 55.2. The standard InChI is InChI=1S/C17H23F3N2O2.C16H24N2O3/c1-16(2,3)24-15(23)21-13-11-12(17(18,19)20)7-8-14(13)22-9-5-4-6-10-22;1-16(2,3)21-15(19)18-9-12-6-7-14(8-13(12)10-18)20-11-17(4)5/h7-8,11H,4-6,9-10H2,1-3H3,(H,21,23);6-8H,9-11H2,1-5H3. The van der Waals surface area contributed by atoms with E-state index in [1.54, 1.807) is 25.7 Å². The molecule has 2 heterocycles. The lowest BCUT2D eigenvalue weighted by molar-refractivity contribution is -0.137. The van der Waals surface area contributed by atoms with Crippen LogP contribution in [0.5, 0.6) is 5.75 Å². The van der Waals surface area contributed by atoms with Crippen molar-refractivity contribution in [1.29, 1.82) is 0 Å². The second kappa shape index (κ2) is 14.6. The molecule has 12 heteroatoms. The van der Waals surface area contributed by atoms with Crippen LogP contribution in [-0.4, -0.2) is 67.1 Å². The maximum atomic E-state index is 13.0. The molecule has 9 nitrogen and oxygen atoms in total. The van der Waals surface area contributed by atoms with Crippen LogP contribution in [0.2, 0.25) is 0 Å². The number of ether oxygens (including phenoxy) is 3. The maximum Gasteiger partial charge on any atom is 0.416 e. The van der Waals surface area contributed by atoms with Gasteiger partial charge in [0.15, 0.2) is 0 Å². The Balaban J connectivity index is 0.000000248. The molecule has 0 bridgehead atoms. The van der Waals surface area contributed by atoms with Crippen molar-refractivity contribution in [3.63, 3.8) is 0 Å². The zero-order valence-corrected chi connectivity index (χ0v) is 27.6. The molecule has 2 aliphatic rings. The Morgan fingerprint density at radius 1 is 0.844 bits per heavy atom. The number of fused-ring (bicyclic) bond motifs is 1. The highest BCUT2D eigenvalue weighted by Gasteiger charge is 2.32. The fourth-order valence-corrected chi connectivity index (χ4v) is 4.76. The van der Waals surface area contributed by atoms with Crippen molar-refractivity contribution >= 4 is 23.6 Å². The second-order valence-electron chi connectivity index (χ2n) is 13.5. The molecule has 45 heavy (non-hydrogen) atoms. The van der Waals surface area contributed by atoms with E-state index in [1.165, 1.54) is 6.07 Å². The monoisotopic (exact) mass is 636 g/mol. The number of anilines is 2. The molecule has 4 rings (SSSR count). The summed E-state index contributed by atoms with van der Waals surface area (Å²) in [5.41, 5.74) is 1.00. The number of benzene rings is 2. The minimum atomic E-state index is -4.47. The molecule has 1 fully saturated rings. The molecule has 0 aromatic heterocycles. The van der Waals surface area contributed by atoms with Crippen molar-refractivity contribution in [1.82, 2.24) is 9.80 Å².